The second-order valence-corrected chi connectivity index (χ2v) is 5.15. The lowest BCUT2D eigenvalue weighted by Gasteiger charge is -2.14. The van der Waals surface area contributed by atoms with Crippen LogP contribution in [0.4, 0.5) is 5.69 Å². The molecule has 5 heteroatoms. The molecule has 4 nitrogen and oxygen atoms in total. The number of aryl methyl sites for hydroxylation is 1. The van der Waals surface area contributed by atoms with Crippen LogP contribution >= 0.6 is 15.9 Å². The molecule has 19 heavy (non-hydrogen) atoms. The summed E-state index contributed by atoms with van der Waals surface area (Å²) in [5, 5.41) is 0. The van der Waals surface area contributed by atoms with Crippen molar-refractivity contribution in [2.45, 2.75) is 6.92 Å². The van der Waals surface area contributed by atoms with Crippen LogP contribution in [0.2, 0.25) is 0 Å². The number of rotatable bonds is 1. The molecule has 0 aliphatic carbocycles. The minimum atomic E-state index is -0.324. The van der Waals surface area contributed by atoms with Crippen LogP contribution in [0.5, 0.6) is 0 Å². The van der Waals surface area contributed by atoms with Gasteiger partial charge in [0.1, 0.15) is 0 Å². The van der Waals surface area contributed by atoms with Crippen molar-refractivity contribution in [2.75, 3.05) is 4.90 Å². The molecule has 0 fully saturated rings. The molecule has 0 N–H and O–H groups in total. The maximum absolute atomic E-state index is 12.3. The number of amides is 2. The molecule has 0 bridgehead atoms. The highest BCUT2D eigenvalue weighted by Crippen LogP contribution is 2.30. The number of aromatic nitrogens is 1. The summed E-state index contributed by atoms with van der Waals surface area (Å²) in [6.07, 6.45) is 2.95. The van der Waals surface area contributed by atoms with Gasteiger partial charge in [-0.3, -0.25) is 14.6 Å². The quantitative estimate of drug-likeness (QED) is 0.760. The molecule has 1 aliphatic heterocycles. The zero-order valence-corrected chi connectivity index (χ0v) is 11.6. The van der Waals surface area contributed by atoms with Crippen LogP contribution in [0.15, 0.2) is 41.1 Å². The lowest BCUT2D eigenvalue weighted by atomic mass is 10.2. The van der Waals surface area contributed by atoms with E-state index in [9.17, 15) is 9.59 Å². The maximum atomic E-state index is 12.3. The van der Waals surface area contributed by atoms with Gasteiger partial charge in [0.25, 0.3) is 11.8 Å². The summed E-state index contributed by atoms with van der Waals surface area (Å²) < 4.78 is 0.939. The summed E-state index contributed by atoms with van der Waals surface area (Å²) >= 11 is 3.40. The lowest BCUT2D eigenvalue weighted by Crippen LogP contribution is -2.29. The predicted molar refractivity (Wildman–Crippen MR) is 74.3 cm³/mol. The Labute approximate surface area is 118 Å². The maximum Gasteiger partial charge on any atom is 0.267 e. The van der Waals surface area contributed by atoms with E-state index >= 15 is 0 Å². The molecular formula is C14H9BrN2O2. The van der Waals surface area contributed by atoms with Crippen molar-refractivity contribution in [3.63, 3.8) is 0 Å². The fourth-order valence-electron chi connectivity index (χ4n) is 2.09. The van der Waals surface area contributed by atoms with Gasteiger partial charge in [0, 0.05) is 16.9 Å². The SMILES string of the molecule is Cc1cc(N2C(=O)c3ccncc3C2=O)ccc1Br. The van der Waals surface area contributed by atoms with Gasteiger partial charge in [-0.05, 0) is 36.8 Å². The van der Waals surface area contributed by atoms with Crippen molar-refractivity contribution in [2.24, 2.45) is 0 Å². The summed E-state index contributed by atoms with van der Waals surface area (Å²) in [7, 11) is 0. The zero-order chi connectivity index (χ0) is 13.6. The van der Waals surface area contributed by atoms with E-state index in [1.165, 1.54) is 17.3 Å². The number of carbonyl (C=O) groups excluding carboxylic acids is 2. The first-order valence-electron chi connectivity index (χ1n) is 5.68. The van der Waals surface area contributed by atoms with E-state index in [2.05, 4.69) is 20.9 Å². The first-order valence-corrected chi connectivity index (χ1v) is 6.48. The third-order valence-electron chi connectivity index (χ3n) is 3.09. The third-order valence-corrected chi connectivity index (χ3v) is 3.98. The fraction of sp³-hybridized carbons (Fsp3) is 0.0714. The van der Waals surface area contributed by atoms with E-state index in [0.717, 1.165) is 10.0 Å². The zero-order valence-electron chi connectivity index (χ0n) is 10.1. The Balaban J connectivity index is 2.11. The van der Waals surface area contributed by atoms with Gasteiger partial charge in [-0.2, -0.15) is 0 Å². The number of anilines is 1. The van der Waals surface area contributed by atoms with Gasteiger partial charge in [0.05, 0.1) is 16.8 Å². The van der Waals surface area contributed by atoms with Gasteiger partial charge in [-0.1, -0.05) is 15.9 Å². The van der Waals surface area contributed by atoms with Gasteiger partial charge in [-0.25, -0.2) is 4.90 Å². The third kappa shape index (κ3) is 1.77. The molecule has 0 saturated carbocycles. The van der Waals surface area contributed by atoms with Crippen LogP contribution in [-0.2, 0) is 0 Å². The smallest absolute Gasteiger partial charge is 0.267 e. The Morgan fingerprint density at radius 2 is 1.84 bits per heavy atom. The van der Waals surface area contributed by atoms with Crippen LogP contribution in [0.3, 0.4) is 0 Å². The molecule has 3 rings (SSSR count). The summed E-state index contributed by atoms with van der Waals surface area (Å²) in [5.41, 5.74) is 2.30. The van der Waals surface area contributed by atoms with Gasteiger partial charge < -0.3 is 0 Å². The molecule has 0 atom stereocenters. The largest absolute Gasteiger partial charge is 0.268 e. The van der Waals surface area contributed by atoms with Crippen molar-refractivity contribution in [1.82, 2.24) is 4.98 Å². The monoisotopic (exact) mass is 316 g/mol. The minimum absolute atomic E-state index is 0.302. The van der Waals surface area contributed by atoms with Gasteiger partial charge in [-0.15, -0.1) is 0 Å². The summed E-state index contributed by atoms with van der Waals surface area (Å²) in [4.78, 5) is 29.6. The Bertz CT molecular complexity index is 677. The van der Waals surface area contributed by atoms with Crippen molar-refractivity contribution < 1.29 is 9.59 Å². The Kier molecular flexibility index (Phi) is 2.71. The highest BCUT2D eigenvalue weighted by atomic mass is 79.9. The Morgan fingerprint density at radius 3 is 2.53 bits per heavy atom. The molecule has 1 aliphatic rings. The van der Waals surface area contributed by atoms with Crippen LogP contribution in [0, 0.1) is 6.92 Å². The van der Waals surface area contributed by atoms with Crippen molar-refractivity contribution in [3.8, 4) is 0 Å². The first kappa shape index (κ1) is 12.0. The van der Waals surface area contributed by atoms with E-state index in [1.54, 1.807) is 18.2 Å². The second-order valence-electron chi connectivity index (χ2n) is 4.30. The summed E-state index contributed by atoms with van der Waals surface area (Å²) in [6.45, 7) is 1.91. The average molecular weight is 317 g/mol. The Morgan fingerprint density at radius 1 is 1.11 bits per heavy atom. The number of fused-ring (bicyclic) bond motifs is 1. The number of carbonyl (C=O) groups is 2. The number of imide groups is 1. The number of hydrogen-bond acceptors (Lipinski definition) is 3. The highest BCUT2D eigenvalue weighted by molar-refractivity contribution is 9.10. The molecule has 2 aromatic rings. The number of hydrogen-bond donors (Lipinski definition) is 0. The van der Waals surface area contributed by atoms with E-state index < -0.39 is 0 Å². The number of benzene rings is 1. The molecule has 94 valence electrons. The molecular weight excluding hydrogens is 308 g/mol. The predicted octanol–water partition coefficient (Wildman–Crippen LogP) is 2.95. The topological polar surface area (TPSA) is 50.3 Å². The number of pyridine rings is 1. The normalized spacial score (nSPS) is 13.9. The van der Waals surface area contributed by atoms with E-state index in [0.29, 0.717) is 16.8 Å². The first-order chi connectivity index (χ1) is 9.09. The standard InChI is InChI=1S/C14H9BrN2O2/c1-8-6-9(2-3-12(8)15)17-13(18)10-4-5-16-7-11(10)14(17)19/h2-7H,1H3. The van der Waals surface area contributed by atoms with Crippen molar-refractivity contribution >= 4 is 33.4 Å². The van der Waals surface area contributed by atoms with Crippen LogP contribution in [0.1, 0.15) is 26.3 Å². The molecule has 0 saturated heterocycles. The fourth-order valence-corrected chi connectivity index (χ4v) is 2.33. The molecule has 0 unspecified atom stereocenters. The molecule has 1 aromatic carbocycles. The second kappa shape index (κ2) is 4.28. The van der Waals surface area contributed by atoms with Crippen LogP contribution in [0.25, 0.3) is 0 Å². The van der Waals surface area contributed by atoms with Crippen molar-refractivity contribution in [1.29, 1.82) is 0 Å². The van der Waals surface area contributed by atoms with E-state index in [-0.39, 0.29) is 11.8 Å². The highest BCUT2D eigenvalue weighted by Gasteiger charge is 2.36. The molecule has 0 radical (unpaired) electrons. The molecule has 0 spiro atoms. The van der Waals surface area contributed by atoms with E-state index in [1.807, 2.05) is 13.0 Å². The average Bonchev–Trinajstić information content (AvgIpc) is 2.66. The minimum Gasteiger partial charge on any atom is -0.268 e. The Hall–Kier alpha value is -2.01. The summed E-state index contributed by atoms with van der Waals surface area (Å²) in [6, 6.07) is 6.94. The van der Waals surface area contributed by atoms with Crippen molar-refractivity contribution in [3.05, 3.63) is 57.8 Å². The van der Waals surface area contributed by atoms with Gasteiger partial charge in [0.2, 0.25) is 0 Å². The van der Waals surface area contributed by atoms with Crippen LogP contribution in [-0.4, -0.2) is 16.8 Å². The number of nitrogens with zero attached hydrogens (tertiary/aromatic N) is 2. The molecule has 2 amide bonds. The number of halogens is 1. The molecule has 2 heterocycles. The van der Waals surface area contributed by atoms with E-state index in [4.69, 9.17) is 0 Å². The van der Waals surface area contributed by atoms with Gasteiger partial charge in [0.15, 0.2) is 0 Å². The summed E-state index contributed by atoms with van der Waals surface area (Å²) in [5.74, 6) is -0.626. The van der Waals surface area contributed by atoms with Crippen LogP contribution < -0.4 is 4.90 Å². The van der Waals surface area contributed by atoms with Gasteiger partial charge >= 0.3 is 0 Å². The lowest BCUT2D eigenvalue weighted by molar-refractivity contribution is 0.0926. The molecule has 1 aromatic heterocycles.